The van der Waals surface area contributed by atoms with Gasteiger partial charge in [0, 0.05) is 68.2 Å². The Hall–Kier alpha value is -3.83. The van der Waals surface area contributed by atoms with Crippen molar-refractivity contribution in [2.24, 2.45) is 0 Å². The fourth-order valence-electron chi connectivity index (χ4n) is 4.37. The minimum absolute atomic E-state index is 0.156. The largest absolute Gasteiger partial charge is 0.416 e. The number of thioether (sulfide) groups is 1. The number of nitrogens with zero attached hydrogens (tertiary/aromatic N) is 5. The first kappa shape index (κ1) is 28.7. The molecule has 0 radical (unpaired) electrons. The molecule has 0 aliphatic carbocycles. The van der Waals surface area contributed by atoms with Gasteiger partial charge in [-0.2, -0.15) is 13.2 Å². The predicted octanol–water partition coefficient (Wildman–Crippen LogP) is 6.09. The van der Waals surface area contributed by atoms with Crippen LogP contribution in [0.4, 0.5) is 24.7 Å². The number of amides is 1. The Balaban J connectivity index is 1.15. The zero-order chi connectivity index (χ0) is 28.8. The van der Waals surface area contributed by atoms with Crippen LogP contribution in [0.1, 0.15) is 27.0 Å². The number of piperazine rings is 1. The van der Waals surface area contributed by atoms with Crippen LogP contribution in [0.2, 0.25) is 5.15 Å². The molecule has 0 spiro atoms. The number of hydrogen-bond donors (Lipinski definition) is 1. The van der Waals surface area contributed by atoms with Crippen molar-refractivity contribution in [3.8, 4) is 0 Å². The molecule has 2 aromatic carbocycles. The Bertz CT molecular complexity index is 1480. The monoisotopic (exact) mass is 598 g/mol. The van der Waals surface area contributed by atoms with Crippen LogP contribution in [0.3, 0.4) is 0 Å². The lowest BCUT2D eigenvalue weighted by Crippen LogP contribution is -2.47. The van der Waals surface area contributed by atoms with Crippen molar-refractivity contribution >= 4 is 40.8 Å². The molecule has 0 bridgehead atoms. The molecular formula is C29H26ClF3N6OS. The molecule has 1 N–H and O–H groups in total. The summed E-state index contributed by atoms with van der Waals surface area (Å²) in [4.78, 5) is 29.5. The van der Waals surface area contributed by atoms with Crippen LogP contribution in [0.5, 0.6) is 0 Å². The molecule has 7 nitrogen and oxygen atoms in total. The molecule has 1 amide bonds. The van der Waals surface area contributed by atoms with E-state index in [1.807, 2.05) is 29.2 Å². The third-order valence-electron chi connectivity index (χ3n) is 6.59. The number of pyridine rings is 1. The van der Waals surface area contributed by atoms with Gasteiger partial charge in [0.15, 0.2) is 5.16 Å². The van der Waals surface area contributed by atoms with Gasteiger partial charge in [0.25, 0.3) is 5.91 Å². The average molecular weight is 599 g/mol. The molecular weight excluding hydrogens is 573 g/mol. The maximum Gasteiger partial charge on any atom is 0.416 e. The lowest BCUT2D eigenvalue weighted by molar-refractivity contribution is -0.137. The van der Waals surface area contributed by atoms with E-state index >= 15 is 0 Å². The second-order valence-electron chi connectivity index (χ2n) is 9.38. The van der Waals surface area contributed by atoms with E-state index in [1.165, 1.54) is 23.9 Å². The van der Waals surface area contributed by atoms with Gasteiger partial charge >= 0.3 is 6.18 Å². The topological polar surface area (TPSA) is 74.2 Å². The molecule has 0 atom stereocenters. The van der Waals surface area contributed by atoms with Gasteiger partial charge in [-0.15, -0.1) is 0 Å². The molecule has 1 aliphatic rings. The first-order valence-corrected chi connectivity index (χ1v) is 14.2. The molecule has 212 valence electrons. The molecule has 5 rings (SSSR count). The van der Waals surface area contributed by atoms with Crippen LogP contribution in [0.25, 0.3) is 0 Å². The van der Waals surface area contributed by atoms with Gasteiger partial charge in [-0.1, -0.05) is 41.6 Å². The Morgan fingerprint density at radius 1 is 0.902 bits per heavy atom. The number of carbonyl (C=O) groups excluding carboxylic acids is 1. The molecule has 2 aromatic heterocycles. The Morgan fingerprint density at radius 3 is 2.32 bits per heavy atom. The minimum atomic E-state index is -4.37. The van der Waals surface area contributed by atoms with Crippen molar-refractivity contribution in [2.75, 3.05) is 36.0 Å². The van der Waals surface area contributed by atoms with E-state index in [-0.39, 0.29) is 5.91 Å². The van der Waals surface area contributed by atoms with Crippen molar-refractivity contribution in [3.63, 3.8) is 0 Å². The summed E-state index contributed by atoms with van der Waals surface area (Å²) in [7, 11) is 0. The zero-order valence-corrected chi connectivity index (χ0v) is 23.4. The molecule has 41 heavy (non-hydrogen) atoms. The third kappa shape index (κ3) is 7.68. The fraction of sp³-hybridized carbons (Fsp3) is 0.241. The van der Waals surface area contributed by atoms with Gasteiger partial charge in [0.1, 0.15) is 11.0 Å². The lowest BCUT2D eigenvalue weighted by atomic mass is 10.1. The highest BCUT2D eigenvalue weighted by Crippen LogP contribution is 2.32. The molecule has 0 unspecified atom stereocenters. The van der Waals surface area contributed by atoms with Crippen LogP contribution in [-0.4, -0.2) is 47.0 Å². The van der Waals surface area contributed by atoms with Crippen molar-refractivity contribution in [1.82, 2.24) is 20.3 Å². The SMILES string of the molecule is O=C(NCc1ccncc1)c1ccc(CSc2nc(Cl)cc(N3CCN(c4cccc(C(F)(F)F)c4)CC3)n2)cc1. The molecule has 1 fully saturated rings. The van der Waals surface area contributed by atoms with Gasteiger partial charge in [0.2, 0.25) is 0 Å². The van der Waals surface area contributed by atoms with E-state index < -0.39 is 11.7 Å². The Morgan fingerprint density at radius 2 is 1.61 bits per heavy atom. The first-order chi connectivity index (χ1) is 19.7. The van der Waals surface area contributed by atoms with E-state index in [2.05, 4.69) is 25.2 Å². The van der Waals surface area contributed by atoms with E-state index in [9.17, 15) is 18.0 Å². The third-order valence-corrected chi connectivity index (χ3v) is 7.70. The van der Waals surface area contributed by atoms with Gasteiger partial charge in [0.05, 0.1) is 5.56 Å². The molecule has 3 heterocycles. The van der Waals surface area contributed by atoms with E-state index in [4.69, 9.17) is 11.6 Å². The number of anilines is 2. The quantitative estimate of drug-likeness (QED) is 0.149. The maximum absolute atomic E-state index is 13.1. The Kier molecular flexibility index (Phi) is 8.94. The Labute approximate surface area is 244 Å². The van der Waals surface area contributed by atoms with Gasteiger partial charge in [-0.3, -0.25) is 9.78 Å². The molecule has 1 saturated heterocycles. The van der Waals surface area contributed by atoms with Crippen molar-refractivity contribution in [1.29, 1.82) is 0 Å². The number of alkyl halides is 3. The number of hydrogen-bond acceptors (Lipinski definition) is 7. The number of nitrogens with one attached hydrogen (secondary N) is 1. The average Bonchev–Trinajstić information content (AvgIpc) is 2.99. The summed E-state index contributed by atoms with van der Waals surface area (Å²) in [6, 6.07) is 18.2. The summed E-state index contributed by atoms with van der Waals surface area (Å²) in [5, 5.41) is 3.74. The molecule has 12 heteroatoms. The summed E-state index contributed by atoms with van der Waals surface area (Å²) in [6.07, 6.45) is -1.00. The van der Waals surface area contributed by atoms with Crippen LogP contribution in [0.15, 0.2) is 84.3 Å². The molecule has 0 saturated carbocycles. The van der Waals surface area contributed by atoms with Crippen LogP contribution >= 0.6 is 23.4 Å². The highest BCUT2D eigenvalue weighted by atomic mass is 35.5. The maximum atomic E-state index is 13.1. The number of rotatable bonds is 8. The predicted molar refractivity (Wildman–Crippen MR) is 154 cm³/mol. The van der Waals surface area contributed by atoms with E-state index in [1.54, 1.807) is 36.7 Å². The van der Waals surface area contributed by atoms with Crippen LogP contribution in [-0.2, 0) is 18.5 Å². The summed E-state index contributed by atoms with van der Waals surface area (Å²) in [5.41, 5.74) is 2.44. The van der Waals surface area contributed by atoms with E-state index in [0.29, 0.717) is 65.9 Å². The lowest BCUT2D eigenvalue weighted by Gasteiger charge is -2.37. The fourth-order valence-corrected chi connectivity index (χ4v) is 5.41. The van der Waals surface area contributed by atoms with Crippen molar-refractivity contribution in [3.05, 3.63) is 107 Å². The van der Waals surface area contributed by atoms with Crippen LogP contribution < -0.4 is 15.1 Å². The number of benzene rings is 2. The van der Waals surface area contributed by atoms with Gasteiger partial charge in [-0.25, -0.2) is 9.97 Å². The standard InChI is InChI=1S/C29H26ClF3N6OS/c30-25-17-26(39-14-12-38(13-15-39)24-3-1-2-23(16-24)29(31,32)33)37-28(36-25)41-19-21-4-6-22(7-5-21)27(40)35-18-20-8-10-34-11-9-20/h1-11,16-17H,12-15,18-19H2,(H,35,40). The highest BCUT2D eigenvalue weighted by Gasteiger charge is 2.31. The number of halogens is 4. The highest BCUT2D eigenvalue weighted by molar-refractivity contribution is 7.98. The summed E-state index contributed by atoms with van der Waals surface area (Å²) < 4.78 is 39.4. The minimum Gasteiger partial charge on any atom is -0.368 e. The van der Waals surface area contributed by atoms with Gasteiger partial charge < -0.3 is 15.1 Å². The van der Waals surface area contributed by atoms with E-state index in [0.717, 1.165) is 17.2 Å². The molecule has 4 aromatic rings. The van der Waals surface area contributed by atoms with Gasteiger partial charge in [-0.05, 0) is 53.6 Å². The summed E-state index contributed by atoms with van der Waals surface area (Å²) >= 11 is 7.74. The number of aromatic nitrogens is 3. The normalized spacial score (nSPS) is 13.8. The second-order valence-corrected chi connectivity index (χ2v) is 10.7. The first-order valence-electron chi connectivity index (χ1n) is 12.9. The summed E-state index contributed by atoms with van der Waals surface area (Å²) in [5.74, 6) is 1.11. The van der Waals surface area contributed by atoms with Crippen LogP contribution in [0, 0.1) is 0 Å². The number of carbonyl (C=O) groups is 1. The molecule has 1 aliphatic heterocycles. The van der Waals surface area contributed by atoms with Crippen molar-refractivity contribution < 1.29 is 18.0 Å². The zero-order valence-electron chi connectivity index (χ0n) is 21.8. The van der Waals surface area contributed by atoms with Crippen molar-refractivity contribution in [2.45, 2.75) is 23.6 Å². The second kappa shape index (κ2) is 12.8. The summed E-state index contributed by atoms with van der Waals surface area (Å²) in [6.45, 7) is 2.69. The smallest absolute Gasteiger partial charge is 0.368 e.